The maximum absolute atomic E-state index is 13.0. The average molecular weight is 333 g/mol. The monoisotopic (exact) mass is 333 g/mol. The number of carbonyl (C=O) groups is 2. The highest BCUT2D eigenvalue weighted by atomic mass is 16.5. The highest BCUT2D eigenvalue weighted by Crippen LogP contribution is 2.29. The molecule has 1 aromatic rings. The van der Waals surface area contributed by atoms with E-state index in [1.807, 2.05) is 18.7 Å². The number of hydrogen-bond donors (Lipinski definition) is 1. The number of benzene rings is 1. The molecule has 0 radical (unpaired) electrons. The molecule has 0 saturated heterocycles. The summed E-state index contributed by atoms with van der Waals surface area (Å²) in [5, 5.41) is 8.77. The van der Waals surface area contributed by atoms with Crippen molar-refractivity contribution in [1.29, 1.82) is 0 Å². The molecule has 0 unspecified atom stereocenters. The molecule has 24 heavy (non-hydrogen) atoms. The number of carbonyl (C=O) groups excluding carboxylic acids is 1. The molecule has 1 saturated carbocycles. The van der Waals surface area contributed by atoms with E-state index in [0.717, 1.165) is 24.0 Å². The predicted molar refractivity (Wildman–Crippen MR) is 92.6 cm³/mol. The van der Waals surface area contributed by atoms with Crippen LogP contribution < -0.4 is 4.74 Å². The number of carboxylic acids is 1. The lowest BCUT2D eigenvalue weighted by Crippen LogP contribution is -2.43. The molecule has 0 atom stereocenters. The van der Waals surface area contributed by atoms with Gasteiger partial charge in [0.1, 0.15) is 5.75 Å². The van der Waals surface area contributed by atoms with Crippen LogP contribution in [0.5, 0.6) is 5.75 Å². The molecule has 132 valence electrons. The zero-order valence-corrected chi connectivity index (χ0v) is 15.0. The van der Waals surface area contributed by atoms with Gasteiger partial charge in [0.05, 0.1) is 0 Å². The number of carboxylic acid groups (broad SMARTS) is 1. The van der Waals surface area contributed by atoms with Crippen LogP contribution in [0.15, 0.2) is 12.1 Å². The van der Waals surface area contributed by atoms with E-state index in [1.165, 1.54) is 12.8 Å². The molecule has 0 heterocycles. The van der Waals surface area contributed by atoms with Gasteiger partial charge in [0.2, 0.25) is 0 Å². The third-order valence-electron chi connectivity index (χ3n) is 4.56. The van der Waals surface area contributed by atoms with Gasteiger partial charge in [-0.25, -0.2) is 4.79 Å². The summed E-state index contributed by atoms with van der Waals surface area (Å²) in [5.74, 6) is -0.417. The minimum atomic E-state index is -1.01. The first-order valence-corrected chi connectivity index (χ1v) is 8.59. The number of hydrogen-bond acceptors (Lipinski definition) is 3. The summed E-state index contributed by atoms with van der Waals surface area (Å²) in [6.45, 7) is 7.42. The van der Waals surface area contributed by atoms with E-state index in [1.54, 1.807) is 12.1 Å². The first kappa shape index (κ1) is 18.3. The van der Waals surface area contributed by atoms with Crippen molar-refractivity contribution in [2.24, 2.45) is 0 Å². The molecule has 1 amide bonds. The van der Waals surface area contributed by atoms with Crippen LogP contribution >= 0.6 is 0 Å². The van der Waals surface area contributed by atoms with Crippen molar-refractivity contribution in [2.45, 2.75) is 65.5 Å². The van der Waals surface area contributed by atoms with Gasteiger partial charge in [-0.2, -0.15) is 0 Å². The Morgan fingerprint density at radius 3 is 2.21 bits per heavy atom. The number of ether oxygens (including phenoxy) is 1. The third kappa shape index (κ3) is 4.08. The Morgan fingerprint density at radius 2 is 1.75 bits per heavy atom. The second-order valence-corrected chi connectivity index (χ2v) is 6.87. The number of nitrogens with zero attached hydrogens (tertiary/aromatic N) is 1. The Morgan fingerprint density at radius 1 is 1.21 bits per heavy atom. The quantitative estimate of drug-likeness (QED) is 0.864. The summed E-state index contributed by atoms with van der Waals surface area (Å²) >= 11 is 0. The van der Waals surface area contributed by atoms with E-state index in [0.29, 0.717) is 17.4 Å². The number of aliphatic carboxylic acids is 1. The van der Waals surface area contributed by atoms with Crippen molar-refractivity contribution in [1.82, 2.24) is 4.90 Å². The minimum Gasteiger partial charge on any atom is -0.481 e. The van der Waals surface area contributed by atoms with Crippen LogP contribution in [0.2, 0.25) is 0 Å². The first-order chi connectivity index (χ1) is 11.3. The predicted octanol–water partition coefficient (Wildman–Crippen LogP) is 3.56. The van der Waals surface area contributed by atoms with Crippen molar-refractivity contribution in [2.75, 3.05) is 6.61 Å². The summed E-state index contributed by atoms with van der Waals surface area (Å²) in [6, 6.07) is 4.08. The SMILES string of the molecule is Cc1cc(C(=O)N(C(C)C)C2CCCC2)cc(C)c1OCC(=O)O. The van der Waals surface area contributed by atoms with Crippen molar-refractivity contribution >= 4 is 11.9 Å². The molecule has 1 N–H and O–H groups in total. The molecule has 5 nitrogen and oxygen atoms in total. The minimum absolute atomic E-state index is 0.0490. The van der Waals surface area contributed by atoms with Crippen molar-refractivity contribution in [3.05, 3.63) is 28.8 Å². The highest BCUT2D eigenvalue weighted by Gasteiger charge is 2.29. The van der Waals surface area contributed by atoms with Crippen LogP contribution in [-0.4, -0.2) is 40.6 Å². The van der Waals surface area contributed by atoms with Crippen LogP contribution in [0.3, 0.4) is 0 Å². The van der Waals surface area contributed by atoms with Crippen molar-refractivity contribution < 1.29 is 19.4 Å². The van der Waals surface area contributed by atoms with Crippen LogP contribution in [-0.2, 0) is 4.79 Å². The fourth-order valence-corrected chi connectivity index (χ4v) is 3.59. The number of amides is 1. The average Bonchev–Trinajstić information content (AvgIpc) is 2.99. The lowest BCUT2D eigenvalue weighted by molar-refractivity contribution is -0.139. The maximum Gasteiger partial charge on any atom is 0.341 e. The Bertz CT molecular complexity index is 595. The Hall–Kier alpha value is -2.04. The molecule has 0 aliphatic heterocycles. The molecule has 0 spiro atoms. The van der Waals surface area contributed by atoms with Crippen LogP contribution in [0.25, 0.3) is 0 Å². The topological polar surface area (TPSA) is 66.8 Å². The van der Waals surface area contributed by atoms with Crippen molar-refractivity contribution in [3.8, 4) is 5.75 Å². The van der Waals surface area contributed by atoms with E-state index in [2.05, 4.69) is 13.8 Å². The van der Waals surface area contributed by atoms with Crippen molar-refractivity contribution in [3.63, 3.8) is 0 Å². The summed E-state index contributed by atoms with van der Waals surface area (Å²) in [6.07, 6.45) is 4.51. The molecular formula is C19H27NO4. The standard InChI is InChI=1S/C19H27NO4/c1-12(2)20(16-7-5-6-8-16)19(23)15-9-13(3)18(14(4)10-15)24-11-17(21)22/h9-10,12,16H,5-8,11H2,1-4H3,(H,21,22). The fourth-order valence-electron chi connectivity index (χ4n) is 3.59. The zero-order chi connectivity index (χ0) is 17.9. The number of rotatable bonds is 6. The first-order valence-electron chi connectivity index (χ1n) is 8.59. The highest BCUT2D eigenvalue weighted by molar-refractivity contribution is 5.95. The van der Waals surface area contributed by atoms with E-state index in [-0.39, 0.29) is 18.6 Å². The van der Waals surface area contributed by atoms with Crippen LogP contribution in [0.1, 0.15) is 61.0 Å². The van der Waals surface area contributed by atoms with E-state index in [9.17, 15) is 9.59 Å². The second-order valence-electron chi connectivity index (χ2n) is 6.87. The molecule has 5 heteroatoms. The van der Waals surface area contributed by atoms with Gasteiger partial charge in [0.15, 0.2) is 6.61 Å². The lowest BCUT2D eigenvalue weighted by atomic mass is 10.0. The van der Waals surface area contributed by atoms with Gasteiger partial charge in [-0.1, -0.05) is 12.8 Å². The van der Waals surface area contributed by atoms with E-state index < -0.39 is 5.97 Å². The summed E-state index contributed by atoms with van der Waals surface area (Å²) in [4.78, 5) is 25.7. The van der Waals surface area contributed by atoms with E-state index >= 15 is 0 Å². The third-order valence-corrected chi connectivity index (χ3v) is 4.56. The smallest absolute Gasteiger partial charge is 0.341 e. The van der Waals surface area contributed by atoms with Gasteiger partial charge in [-0.05, 0) is 63.8 Å². The van der Waals surface area contributed by atoms with Crippen LogP contribution in [0.4, 0.5) is 0 Å². The number of aryl methyl sites for hydroxylation is 2. The summed E-state index contributed by atoms with van der Waals surface area (Å²) in [7, 11) is 0. The Kier molecular flexibility index (Phi) is 5.86. The van der Waals surface area contributed by atoms with Gasteiger partial charge in [0.25, 0.3) is 5.91 Å². The van der Waals surface area contributed by atoms with Gasteiger partial charge in [0, 0.05) is 17.6 Å². The molecular weight excluding hydrogens is 306 g/mol. The van der Waals surface area contributed by atoms with Crippen LogP contribution in [0, 0.1) is 13.8 Å². The Balaban J connectivity index is 2.26. The summed E-state index contributed by atoms with van der Waals surface area (Å²) in [5.41, 5.74) is 2.22. The van der Waals surface area contributed by atoms with Gasteiger partial charge in [-0.15, -0.1) is 0 Å². The molecule has 1 aliphatic rings. The zero-order valence-electron chi connectivity index (χ0n) is 15.0. The summed E-state index contributed by atoms with van der Waals surface area (Å²) < 4.78 is 5.35. The maximum atomic E-state index is 13.0. The second kappa shape index (κ2) is 7.69. The van der Waals surface area contributed by atoms with Gasteiger partial charge < -0.3 is 14.7 Å². The fraction of sp³-hybridized carbons (Fsp3) is 0.579. The molecule has 1 aromatic carbocycles. The largest absolute Gasteiger partial charge is 0.481 e. The van der Waals surface area contributed by atoms with Gasteiger partial charge >= 0.3 is 5.97 Å². The lowest BCUT2D eigenvalue weighted by Gasteiger charge is -2.33. The molecule has 1 fully saturated rings. The molecule has 1 aliphatic carbocycles. The molecule has 0 aromatic heterocycles. The normalized spacial score (nSPS) is 14.9. The molecule has 0 bridgehead atoms. The van der Waals surface area contributed by atoms with Gasteiger partial charge in [-0.3, -0.25) is 4.79 Å². The Labute approximate surface area is 143 Å². The van der Waals surface area contributed by atoms with E-state index in [4.69, 9.17) is 9.84 Å². The molecule has 2 rings (SSSR count).